The van der Waals surface area contributed by atoms with Crippen LogP contribution in [0.2, 0.25) is 0 Å². The van der Waals surface area contributed by atoms with Crippen LogP contribution in [-0.4, -0.2) is 55.5 Å². The minimum Gasteiger partial charge on any atom is -0.481 e. The first-order chi connectivity index (χ1) is 11.2. The summed E-state index contributed by atoms with van der Waals surface area (Å²) in [6, 6.07) is 4.05. The van der Waals surface area contributed by atoms with Crippen LogP contribution in [0.15, 0.2) is 18.3 Å². The zero-order valence-electron chi connectivity index (χ0n) is 14.3. The Hall–Kier alpha value is -1.17. The first-order valence-corrected chi connectivity index (χ1v) is 8.66. The molecule has 2 aliphatic rings. The second-order valence-electron chi connectivity index (χ2n) is 6.69. The molecule has 0 radical (unpaired) electrons. The van der Waals surface area contributed by atoms with Crippen molar-refractivity contribution < 1.29 is 14.2 Å². The van der Waals surface area contributed by atoms with Gasteiger partial charge in [0.2, 0.25) is 5.88 Å². The van der Waals surface area contributed by atoms with Crippen molar-refractivity contribution in [3.63, 3.8) is 0 Å². The molecule has 23 heavy (non-hydrogen) atoms. The lowest BCUT2D eigenvalue weighted by molar-refractivity contribution is -0.182. The van der Waals surface area contributed by atoms with Crippen molar-refractivity contribution in [3.8, 4) is 5.88 Å². The molecule has 1 atom stereocenters. The number of rotatable bonds is 7. The highest BCUT2D eigenvalue weighted by atomic mass is 16.5. The smallest absolute Gasteiger partial charge is 0.217 e. The van der Waals surface area contributed by atoms with E-state index >= 15 is 0 Å². The third-order valence-electron chi connectivity index (χ3n) is 4.93. The van der Waals surface area contributed by atoms with Gasteiger partial charge in [-0.2, -0.15) is 0 Å². The molecule has 0 saturated carbocycles. The molecular weight excluding hydrogens is 292 g/mol. The molecule has 3 heterocycles. The minimum atomic E-state index is 0.0740. The van der Waals surface area contributed by atoms with Crippen LogP contribution in [0.4, 0.5) is 0 Å². The van der Waals surface area contributed by atoms with Gasteiger partial charge in [-0.1, -0.05) is 6.07 Å². The fraction of sp³-hybridized carbons (Fsp3) is 0.722. The van der Waals surface area contributed by atoms with Crippen LogP contribution in [0.3, 0.4) is 0 Å². The summed E-state index contributed by atoms with van der Waals surface area (Å²) in [7, 11) is 1.68. The van der Waals surface area contributed by atoms with E-state index in [1.807, 2.05) is 6.07 Å². The minimum absolute atomic E-state index is 0.0740. The maximum absolute atomic E-state index is 6.13. The second kappa shape index (κ2) is 7.60. The summed E-state index contributed by atoms with van der Waals surface area (Å²) in [6.07, 6.45) is 5.27. The summed E-state index contributed by atoms with van der Waals surface area (Å²) < 4.78 is 17.0. The molecule has 0 amide bonds. The van der Waals surface area contributed by atoms with Gasteiger partial charge < -0.3 is 14.2 Å². The van der Waals surface area contributed by atoms with Gasteiger partial charge in [-0.25, -0.2) is 4.98 Å². The average molecular weight is 320 g/mol. The first-order valence-electron chi connectivity index (χ1n) is 8.66. The van der Waals surface area contributed by atoms with Crippen LogP contribution in [0, 0.1) is 5.92 Å². The van der Waals surface area contributed by atoms with Crippen molar-refractivity contribution in [2.45, 2.75) is 38.3 Å². The molecule has 2 aliphatic heterocycles. The van der Waals surface area contributed by atoms with Gasteiger partial charge in [0.05, 0.1) is 12.7 Å². The SMILES string of the molecule is CCOCCC1CCOC2(C1)CN(Cc1cccnc1OC)C2. The number of hydrogen-bond donors (Lipinski definition) is 0. The monoisotopic (exact) mass is 320 g/mol. The number of pyridine rings is 1. The van der Waals surface area contributed by atoms with Gasteiger partial charge in [0.1, 0.15) is 0 Å². The Morgan fingerprint density at radius 1 is 1.43 bits per heavy atom. The molecular formula is C18H28N2O3. The molecule has 128 valence electrons. The Balaban J connectivity index is 1.49. The van der Waals surface area contributed by atoms with Crippen LogP contribution >= 0.6 is 0 Å². The number of ether oxygens (including phenoxy) is 3. The molecule has 2 saturated heterocycles. The van der Waals surface area contributed by atoms with E-state index in [0.29, 0.717) is 0 Å². The topological polar surface area (TPSA) is 43.8 Å². The molecule has 0 bridgehead atoms. The predicted molar refractivity (Wildman–Crippen MR) is 88.6 cm³/mol. The molecule has 1 aromatic rings. The Bertz CT molecular complexity index is 503. The average Bonchev–Trinajstić information content (AvgIpc) is 2.54. The summed E-state index contributed by atoms with van der Waals surface area (Å²) in [5.74, 6) is 1.47. The van der Waals surface area contributed by atoms with Gasteiger partial charge in [-0.05, 0) is 38.2 Å². The fourth-order valence-electron chi connectivity index (χ4n) is 3.84. The molecule has 1 spiro atoms. The van der Waals surface area contributed by atoms with E-state index in [0.717, 1.165) is 63.2 Å². The molecule has 5 heteroatoms. The van der Waals surface area contributed by atoms with E-state index in [9.17, 15) is 0 Å². The third kappa shape index (κ3) is 4.03. The highest BCUT2D eigenvalue weighted by Gasteiger charge is 2.47. The van der Waals surface area contributed by atoms with E-state index in [1.54, 1.807) is 13.3 Å². The molecule has 3 rings (SSSR count). The van der Waals surface area contributed by atoms with E-state index < -0.39 is 0 Å². The number of likely N-dealkylation sites (tertiary alicyclic amines) is 1. The van der Waals surface area contributed by atoms with Gasteiger partial charge in [0.15, 0.2) is 0 Å². The van der Waals surface area contributed by atoms with Gasteiger partial charge in [0, 0.05) is 51.2 Å². The lowest BCUT2D eigenvalue weighted by Gasteiger charge is -2.53. The Morgan fingerprint density at radius 2 is 2.30 bits per heavy atom. The number of methoxy groups -OCH3 is 1. The zero-order valence-corrected chi connectivity index (χ0v) is 14.3. The van der Waals surface area contributed by atoms with Gasteiger partial charge in [-0.3, -0.25) is 4.90 Å². The van der Waals surface area contributed by atoms with Crippen molar-refractivity contribution >= 4 is 0 Å². The van der Waals surface area contributed by atoms with Gasteiger partial charge in [0.25, 0.3) is 0 Å². The summed E-state index contributed by atoms with van der Waals surface area (Å²) >= 11 is 0. The van der Waals surface area contributed by atoms with E-state index in [4.69, 9.17) is 14.2 Å². The third-order valence-corrected chi connectivity index (χ3v) is 4.93. The summed E-state index contributed by atoms with van der Waals surface area (Å²) in [4.78, 5) is 6.69. The van der Waals surface area contributed by atoms with Crippen molar-refractivity contribution in [3.05, 3.63) is 23.9 Å². The summed E-state index contributed by atoms with van der Waals surface area (Å²) in [6.45, 7) is 7.55. The Labute approximate surface area is 138 Å². The summed E-state index contributed by atoms with van der Waals surface area (Å²) in [5.41, 5.74) is 1.22. The van der Waals surface area contributed by atoms with Crippen molar-refractivity contribution in [1.82, 2.24) is 9.88 Å². The standard InChI is InChI=1S/C18H28N2O3/c1-3-22-9-6-15-7-10-23-18(11-15)13-20(14-18)12-16-5-4-8-19-17(16)21-2/h4-5,8,15H,3,6-7,9-14H2,1-2H3. The normalized spacial score (nSPS) is 23.7. The van der Waals surface area contributed by atoms with Crippen LogP contribution in [-0.2, 0) is 16.0 Å². The quantitative estimate of drug-likeness (QED) is 0.722. The van der Waals surface area contributed by atoms with Crippen LogP contribution in [0.1, 0.15) is 31.7 Å². The molecule has 1 aromatic heterocycles. The second-order valence-corrected chi connectivity index (χ2v) is 6.69. The van der Waals surface area contributed by atoms with Crippen LogP contribution < -0.4 is 4.74 Å². The maximum Gasteiger partial charge on any atom is 0.217 e. The predicted octanol–water partition coefficient (Wildman–Crippen LogP) is 2.50. The number of nitrogens with zero attached hydrogens (tertiary/aromatic N) is 2. The molecule has 1 unspecified atom stereocenters. The Kier molecular flexibility index (Phi) is 5.51. The first kappa shape index (κ1) is 16.7. The van der Waals surface area contributed by atoms with Crippen LogP contribution in [0.25, 0.3) is 0 Å². The highest BCUT2D eigenvalue weighted by molar-refractivity contribution is 5.25. The summed E-state index contributed by atoms with van der Waals surface area (Å²) in [5, 5.41) is 0. The Morgan fingerprint density at radius 3 is 3.09 bits per heavy atom. The van der Waals surface area contributed by atoms with Crippen molar-refractivity contribution in [2.24, 2.45) is 5.92 Å². The molecule has 0 aromatic carbocycles. The molecule has 0 aliphatic carbocycles. The van der Waals surface area contributed by atoms with E-state index in [2.05, 4.69) is 22.9 Å². The zero-order chi connectivity index (χ0) is 16.1. The fourth-order valence-corrected chi connectivity index (χ4v) is 3.84. The molecule has 2 fully saturated rings. The van der Waals surface area contributed by atoms with Gasteiger partial charge >= 0.3 is 0 Å². The van der Waals surface area contributed by atoms with Gasteiger partial charge in [-0.15, -0.1) is 0 Å². The number of aromatic nitrogens is 1. The lowest BCUT2D eigenvalue weighted by atomic mass is 9.79. The lowest BCUT2D eigenvalue weighted by Crippen LogP contribution is -2.64. The number of hydrogen-bond acceptors (Lipinski definition) is 5. The highest BCUT2D eigenvalue weighted by Crippen LogP contribution is 2.39. The molecule has 0 N–H and O–H groups in total. The van der Waals surface area contributed by atoms with Crippen LogP contribution in [0.5, 0.6) is 5.88 Å². The molecule has 5 nitrogen and oxygen atoms in total. The van der Waals surface area contributed by atoms with Crippen molar-refractivity contribution in [1.29, 1.82) is 0 Å². The van der Waals surface area contributed by atoms with Crippen molar-refractivity contribution in [2.75, 3.05) is 40.0 Å². The van der Waals surface area contributed by atoms with E-state index in [1.165, 1.54) is 12.8 Å². The largest absolute Gasteiger partial charge is 0.481 e. The van der Waals surface area contributed by atoms with E-state index in [-0.39, 0.29) is 5.60 Å². The maximum atomic E-state index is 6.13.